The maximum Gasteiger partial charge on any atom is 0.125 e. The molecule has 0 amide bonds. The molecule has 8 nitrogen and oxygen atoms in total. The summed E-state index contributed by atoms with van der Waals surface area (Å²) < 4.78 is 22.3. The Morgan fingerprint density at radius 1 is 0.283 bits per heavy atom. The van der Waals surface area contributed by atoms with E-state index in [9.17, 15) is 5.11 Å². The molecule has 9 heteroatoms. The Balaban J connectivity index is 0.000000112. The van der Waals surface area contributed by atoms with Crippen LogP contribution in [0.5, 0.6) is 17.2 Å². The smallest absolute Gasteiger partial charge is 0.125 e. The van der Waals surface area contributed by atoms with E-state index in [4.69, 9.17) is 9.47 Å². The molecule has 0 saturated heterocycles. The molecule has 0 spiro atoms. The number of aromatic amines is 1. The summed E-state index contributed by atoms with van der Waals surface area (Å²) in [4.78, 5) is 3.52. The largest absolute Gasteiger partial charge is 0.507 e. The van der Waals surface area contributed by atoms with Crippen molar-refractivity contribution in [3.8, 4) is 17.2 Å². The lowest BCUT2D eigenvalue weighted by Gasteiger charge is -2.16. The fraction of sp³-hybridized carbons (Fsp3) is 0.192. The Hall–Kier alpha value is -12.0. The Labute approximate surface area is 672 Å². The van der Waals surface area contributed by atoms with E-state index >= 15 is 0 Å². The molecular formula is C104H100BrN5O3. The van der Waals surface area contributed by atoms with E-state index in [2.05, 4.69) is 373 Å². The van der Waals surface area contributed by atoms with Crippen LogP contribution in [0.15, 0.2) is 259 Å². The number of phenols is 1. The van der Waals surface area contributed by atoms with E-state index in [1.807, 2.05) is 18.2 Å². The van der Waals surface area contributed by atoms with Crippen molar-refractivity contribution >= 4 is 125 Å². The van der Waals surface area contributed by atoms with Gasteiger partial charge in [0.15, 0.2) is 0 Å². The van der Waals surface area contributed by atoms with E-state index in [1.165, 1.54) is 186 Å². The number of hydrogen-bond donors (Lipinski definition) is 2. The molecular weight excluding hydrogens is 1450 g/mol. The molecule has 19 aromatic rings. The van der Waals surface area contributed by atoms with Gasteiger partial charge in [-0.15, -0.1) is 0 Å². The van der Waals surface area contributed by atoms with Gasteiger partial charge in [0.1, 0.15) is 17.2 Å². The summed E-state index contributed by atoms with van der Waals surface area (Å²) in [5.41, 5.74) is 35.9. The first-order chi connectivity index (χ1) is 54.7. The van der Waals surface area contributed by atoms with Crippen LogP contribution in [0, 0.1) is 96.9 Å². The number of hydrogen-bond acceptors (Lipinski definition) is 3. The molecule has 0 bridgehead atoms. The van der Waals surface area contributed by atoms with E-state index in [-0.39, 0.29) is 0 Å². The first kappa shape index (κ1) is 76.3. The molecule has 14 aromatic carbocycles. The summed E-state index contributed by atoms with van der Waals surface area (Å²) in [6.45, 7) is 34.0. The summed E-state index contributed by atoms with van der Waals surface area (Å²) >= 11 is 3.80. The van der Waals surface area contributed by atoms with E-state index in [1.54, 1.807) is 14.2 Å². The Bertz CT molecular complexity index is 6640. The average molecular weight is 1550 g/mol. The fourth-order valence-corrected chi connectivity index (χ4v) is 18.3. The predicted molar refractivity (Wildman–Crippen MR) is 485 cm³/mol. The highest BCUT2D eigenvalue weighted by Gasteiger charge is 2.24. The molecule has 0 aliphatic heterocycles. The second-order valence-electron chi connectivity index (χ2n) is 30.6. The lowest BCUT2D eigenvalue weighted by atomic mass is 9.98. The predicted octanol–water partition coefficient (Wildman–Crippen LogP) is 27.5. The lowest BCUT2D eigenvalue weighted by molar-refractivity contribution is 0.409. The fourth-order valence-electron chi connectivity index (χ4n) is 17.8. The SMILES string of the molecule is COc1c(C)c(C)c2[nH]c3ccccc3c2c1C.COc1c(C)c(C)c2c(c1C)c1ccccc1n2Cc1ccccc1.Cc1c(Br)c(C)c2c3ccccc3n(Cc3ccccc3)c2c1C.Cc1cc(C)c2c3ccccc3n(Cc3ccccc3)c2c1C.Cc1cc(O)c2c3ccccc3n(Cc3ccccc3)c2c1C. The van der Waals surface area contributed by atoms with Crippen LogP contribution in [0.25, 0.3) is 109 Å². The molecule has 113 heavy (non-hydrogen) atoms. The zero-order valence-electron chi connectivity index (χ0n) is 68.0. The minimum absolute atomic E-state index is 0.367. The van der Waals surface area contributed by atoms with Crippen LogP contribution in [-0.4, -0.2) is 42.6 Å². The van der Waals surface area contributed by atoms with Crippen LogP contribution in [0.1, 0.15) is 100 Å². The summed E-state index contributed by atoms with van der Waals surface area (Å²) in [5.74, 6) is 2.38. The van der Waals surface area contributed by atoms with Crippen LogP contribution in [0.3, 0.4) is 0 Å². The highest BCUT2D eigenvalue weighted by Crippen LogP contribution is 2.45. The summed E-state index contributed by atoms with van der Waals surface area (Å²) in [6, 6.07) is 89.7. The van der Waals surface area contributed by atoms with Crippen molar-refractivity contribution in [1.29, 1.82) is 0 Å². The number of aromatic nitrogens is 5. The molecule has 0 saturated carbocycles. The van der Waals surface area contributed by atoms with Gasteiger partial charge in [0, 0.05) is 123 Å². The Morgan fingerprint density at radius 3 is 1.01 bits per heavy atom. The molecule has 566 valence electrons. The number of H-pyrrole nitrogens is 1. The first-order valence-electron chi connectivity index (χ1n) is 39.3. The highest BCUT2D eigenvalue weighted by atomic mass is 79.9. The average Bonchev–Trinajstić information content (AvgIpc) is 1.60. The van der Waals surface area contributed by atoms with Gasteiger partial charge in [0.2, 0.25) is 0 Å². The van der Waals surface area contributed by atoms with Crippen LogP contribution in [0.4, 0.5) is 0 Å². The topological polar surface area (TPSA) is 74.2 Å². The third-order valence-corrected chi connectivity index (χ3v) is 25.2. The number of aryl methyl sites for hydroxylation is 11. The number of fused-ring (bicyclic) bond motifs is 15. The van der Waals surface area contributed by atoms with Gasteiger partial charge in [0.25, 0.3) is 0 Å². The molecule has 5 heterocycles. The van der Waals surface area contributed by atoms with Gasteiger partial charge in [-0.1, -0.05) is 234 Å². The van der Waals surface area contributed by atoms with Crippen molar-refractivity contribution in [3.05, 3.63) is 359 Å². The maximum absolute atomic E-state index is 10.5. The maximum atomic E-state index is 10.5. The summed E-state index contributed by atoms with van der Waals surface area (Å²) in [5, 5.41) is 23.2. The molecule has 19 rings (SSSR count). The quantitative estimate of drug-likeness (QED) is 0.143. The number of rotatable bonds is 10. The van der Waals surface area contributed by atoms with E-state index in [0.717, 1.165) is 65.0 Å². The van der Waals surface area contributed by atoms with Crippen molar-refractivity contribution in [3.63, 3.8) is 0 Å². The second kappa shape index (κ2) is 32.0. The summed E-state index contributed by atoms with van der Waals surface area (Å²) in [7, 11) is 3.51. The molecule has 0 radical (unpaired) electrons. The van der Waals surface area contributed by atoms with Crippen LogP contribution in [0.2, 0.25) is 0 Å². The molecule has 0 unspecified atom stereocenters. The molecule has 0 aliphatic carbocycles. The Morgan fingerprint density at radius 2 is 0.593 bits per heavy atom. The number of nitrogens with one attached hydrogen (secondary N) is 1. The van der Waals surface area contributed by atoms with Crippen molar-refractivity contribution in [2.45, 2.75) is 123 Å². The summed E-state index contributed by atoms with van der Waals surface area (Å²) in [6.07, 6.45) is 0. The van der Waals surface area contributed by atoms with Gasteiger partial charge in [-0.25, -0.2) is 0 Å². The molecule has 2 N–H and O–H groups in total. The van der Waals surface area contributed by atoms with Crippen molar-refractivity contribution < 1.29 is 14.6 Å². The monoisotopic (exact) mass is 1550 g/mol. The number of nitrogens with zero attached hydrogens (tertiary/aromatic N) is 4. The number of benzene rings is 14. The zero-order chi connectivity index (χ0) is 79.2. The normalized spacial score (nSPS) is 11.4. The van der Waals surface area contributed by atoms with Gasteiger partial charge < -0.3 is 37.8 Å². The third kappa shape index (κ3) is 13.9. The lowest BCUT2D eigenvalue weighted by Crippen LogP contribution is -2.02. The molecule has 0 aliphatic rings. The van der Waals surface area contributed by atoms with Crippen LogP contribution in [-0.2, 0) is 26.2 Å². The van der Waals surface area contributed by atoms with Gasteiger partial charge in [-0.2, -0.15) is 0 Å². The van der Waals surface area contributed by atoms with Crippen molar-refractivity contribution in [2.75, 3.05) is 14.2 Å². The van der Waals surface area contributed by atoms with Crippen LogP contribution < -0.4 is 9.47 Å². The number of halogens is 1. The number of methoxy groups -OCH3 is 2. The minimum atomic E-state index is 0.367. The third-order valence-electron chi connectivity index (χ3n) is 24.0. The van der Waals surface area contributed by atoms with Gasteiger partial charge in [-0.3, -0.25) is 0 Å². The van der Waals surface area contributed by atoms with Gasteiger partial charge >= 0.3 is 0 Å². The van der Waals surface area contributed by atoms with Gasteiger partial charge in [0.05, 0.1) is 41.8 Å². The first-order valence-corrected chi connectivity index (χ1v) is 40.1. The molecule has 5 aromatic heterocycles. The van der Waals surface area contributed by atoms with Crippen molar-refractivity contribution in [1.82, 2.24) is 23.3 Å². The Kier molecular flexibility index (Phi) is 21.6. The zero-order valence-corrected chi connectivity index (χ0v) is 69.6. The number of para-hydroxylation sites is 5. The number of aromatic hydroxyl groups is 1. The van der Waals surface area contributed by atoms with E-state index < -0.39 is 0 Å². The highest BCUT2D eigenvalue weighted by molar-refractivity contribution is 9.10. The molecule has 0 fully saturated rings. The minimum Gasteiger partial charge on any atom is -0.507 e. The van der Waals surface area contributed by atoms with E-state index in [0.29, 0.717) is 5.75 Å². The molecule has 0 atom stereocenters. The second-order valence-corrected chi connectivity index (χ2v) is 31.4. The van der Waals surface area contributed by atoms with Crippen molar-refractivity contribution in [2.24, 2.45) is 0 Å². The standard InChI is InChI=1S/C23H23NO.C22H20BrN.C22H21N.C21H19NO.C16H17NO/c1-15-16(2)23(25-4)17(3)21-19-12-8-9-13-20(19)24(22(15)21)14-18-10-6-5-7-11-18;1-14-15(2)22-20(16(3)21(14)23)18-11-7-8-12-19(18)24(22)13-17-9-5-4-6-10-17;1-15-13-16(2)21-19-11-7-8-12-20(19)23(22(21)17(15)3)14-18-9-5-4-6-10-18;1-14-12-19(23)20-17-10-6-7-11-18(17)22(21(20)15(14)2)13-16-8-4-3-5-9-16;1-9-10(2)16(18-4)11(3)14-12-7-5-6-8-13(12)17-15(9)14/h5-13H,14H2,1-4H3;4-12H,13H2,1-3H3;4-13H,14H2,1-3H3;3-12,23H,13H2,1-2H3;5-8,17H,1-4H3. The van der Waals surface area contributed by atoms with Gasteiger partial charge in [-0.05, 0) is 222 Å². The van der Waals surface area contributed by atoms with Crippen LogP contribution >= 0.6 is 15.9 Å². The number of ether oxygens (including phenoxy) is 2. The number of phenolic OH excluding ortho intramolecular Hbond substituents is 1.